The van der Waals surface area contributed by atoms with Gasteiger partial charge in [-0.1, -0.05) is 30.3 Å². The molecule has 7 nitrogen and oxygen atoms in total. The van der Waals surface area contributed by atoms with E-state index in [1.54, 1.807) is 12.1 Å². The summed E-state index contributed by atoms with van der Waals surface area (Å²) in [7, 11) is 0. The van der Waals surface area contributed by atoms with Gasteiger partial charge >= 0.3 is 6.03 Å². The van der Waals surface area contributed by atoms with Gasteiger partial charge in [0.1, 0.15) is 5.82 Å². The molecule has 0 aliphatic heterocycles. The van der Waals surface area contributed by atoms with Crippen molar-refractivity contribution in [2.24, 2.45) is 11.5 Å². The highest BCUT2D eigenvalue weighted by Crippen LogP contribution is 2.34. The number of nitrogen functional groups attached to an aromatic ring is 1. The van der Waals surface area contributed by atoms with E-state index >= 15 is 0 Å². The summed E-state index contributed by atoms with van der Waals surface area (Å²) in [4.78, 5) is 13.4. The zero-order valence-electron chi connectivity index (χ0n) is 15.4. The fourth-order valence-corrected chi connectivity index (χ4v) is 3.43. The van der Waals surface area contributed by atoms with Crippen LogP contribution in [-0.2, 0) is 6.54 Å². The normalized spacial score (nSPS) is 11.0. The van der Waals surface area contributed by atoms with Gasteiger partial charge in [0.2, 0.25) is 0 Å². The fourth-order valence-electron chi connectivity index (χ4n) is 3.43. The minimum absolute atomic E-state index is 0.138. The number of aromatic nitrogens is 2. The Kier molecular flexibility index (Phi) is 4.61. The Hall–Kier alpha value is -3.91. The average Bonchev–Trinajstić information content (AvgIpc) is 3.10. The number of urea groups is 1. The number of nitrogens with one attached hydrogen (secondary N) is 1. The van der Waals surface area contributed by atoms with Crippen molar-refractivity contribution in [2.45, 2.75) is 6.54 Å². The smallest absolute Gasteiger partial charge is 0.323 e. The Labute approximate surface area is 165 Å². The number of aromatic amines is 1. The molecule has 29 heavy (non-hydrogen) atoms. The van der Waals surface area contributed by atoms with E-state index in [4.69, 9.17) is 17.2 Å². The molecular formula is C21H19FN6O. The zero-order valence-corrected chi connectivity index (χ0v) is 15.4. The number of anilines is 3. The SMILES string of the molecule is NCc1ccc(F)cc1N(C(N)=O)c1ccc(-c2cccc3[nH]nc(N)c23)cc1. The molecule has 0 aliphatic rings. The molecule has 1 heterocycles. The van der Waals surface area contributed by atoms with Gasteiger partial charge in [0.15, 0.2) is 5.82 Å². The summed E-state index contributed by atoms with van der Waals surface area (Å²) in [6, 6.07) is 16.2. The number of carbonyl (C=O) groups excluding carboxylic acids is 1. The van der Waals surface area contributed by atoms with Crippen LogP contribution in [0.3, 0.4) is 0 Å². The molecule has 0 bridgehead atoms. The van der Waals surface area contributed by atoms with Crippen molar-refractivity contribution in [1.29, 1.82) is 0 Å². The van der Waals surface area contributed by atoms with E-state index in [2.05, 4.69) is 10.2 Å². The van der Waals surface area contributed by atoms with E-state index in [1.807, 2.05) is 30.3 Å². The topological polar surface area (TPSA) is 127 Å². The molecule has 1 aromatic heterocycles. The number of carbonyl (C=O) groups is 1. The van der Waals surface area contributed by atoms with Crippen molar-refractivity contribution < 1.29 is 9.18 Å². The van der Waals surface area contributed by atoms with Crippen LogP contribution in [0.1, 0.15) is 5.56 Å². The summed E-state index contributed by atoms with van der Waals surface area (Å²) in [6.45, 7) is 0.138. The summed E-state index contributed by atoms with van der Waals surface area (Å²) >= 11 is 0. The van der Waals surface area contributed by atoms with Gasteiger partial charge in [-0.3, -0.25) is 10.00 Å². The van der Waals surface area contributed by atoms with Gasteiger partial charge in [-0.15, -0.1) is 0 Å². The number of H-pyrrole nitrogens is 1. The molecule has 0 radical (unpaired) electrons. The van der Waals surface area contributed by atoms with Crippen molar-refractivity contribution in [2.75, 3.05) is 10.6 Å². The molecule has 4 aromatic rings. The molecule has 0 atom stereocenters. The van der Waals surface area contributed by atoms with Crippen molar-refractivity contribution >= 4 is 34.1 Å². The molecule has 0 saturated heterocycles. The molecule has 0 saturated carbocycles. The summed E-state index contributed by atoms with van der Waals surface area (Å²) in [5, 5.41) is 7.77. The van der Waals surface area contributed by atoms with Gasteiger partial charge in [-0.05, 0) is 47.0 Å². The number of nitrogens with zero attached hydrogens (tertiary/aromatic N) is 2. The maximum absolute atomic E-state index is 13.8. The van der Waals surface area contributed by atoms with Crippen LogP contribution in [0.4, 0.5) is 26.4 Å². The summed E-state index contributed by atoms with van der Waals surface area (Å²) in [5.74, 6) is -0.0760. The first-order chi connectivity index (χ1) is 14.0. The lowest BCUT2D eigenvalue weighted by molar-refractivity contribution is 0.256. The van der Waals surface area contributed by atoms with E-state index in [1.165, 1.54) is 23.1 Å². The number of hydrogen-bond donors (Lipinski definition) is 4. The predicted octanol–water partition coefficient (Wildman–Crippen LogP) is 3.63. The molecule has 0 unspecified atom stereocenters. The number of primary amides is 1. The minimum atomic E-state index is -0.737. The average molecular weight is 390 g/mol. The number of hydrogen-bond acceptors (Lipinski definition) is 4. The van der Waals surface area contributed by atoms with Crippen molar-refractivity contribution in [3.05, 3.63) is 72.0 Å². The van der Waals surface area contributed by atoms with E-state index < -0.39 is 11.8 Å². The monoisotopic (exact) mass is 390 g/mol. The maximum Gasteiger partial charge on any atom is 0.323 e. The number of halogens is 1. The third-order valence-electron chi connectivity index (χ3n) is 4.78. The summed E-state index contributed by atoms with van der Waals surface area (Å²) in [5.41, 5.74) is 21.4. The number of amides is 2. The van der Waals surface area contributed by atoms with Gasteiger partial charge in [-0.2, -0.15) is 5.10 Å². The van der Waals surface area contributed by atoms with Crippen LogP contribution in [0.2, 0.25) is 0 Å². The lowest BCUT2D eigenvalue weighted by Gasteiger charge is -2.23. The van der Waals surface area contributed by atoms with Crippen molar-refractivity contribution in [3.8, 4) is 11.1 Å². The molecule has 8 heteroatoms. The highest BCUT2D eigenvalue weighted by molar-refractivity contribution is 6.02. The molecule has 146 valence electrons. The third-order valence-corrected chi connectivity index (χ3v) is 4.78. The molecule has 4 rings (SSSR count). The number of benzene rings is 3. The molecule has 3 aromatic carbocycles. The molecule has 7 N–H and O–H groups in total. The van der Waals surface area contributed by atoms with Crippen LogP contribution >= 0.6 is 0 Å². The number of nitrogens with two attached hydrogens (primary N) is 3. The Morgan fingerprint density at radius 1 is 1.10 bits per heavy atom. The van der Waals surface area contributed by atoms with Gasteiger partial charge in [0.05, 0.1) is 22.3 Å². The van der Waals surface area contributed by atoms with Gasteiger partial charge in [-0.25, -0.2) is 9.18 Å². The maximum atomic E-state index is 13.8. The molecule has 2 amide bonds. The Balaban J connectivity index is 1.79. The zero-order chi connectivity index (χ0) is 20.5. The van der Waals surface area contributed by atoms with E-state index in [0.29, 0.717) is 22.8 Å². The first kappa shape index (κ1) is 18.5. The first-order valence-corrected chi connectivity index (χ1v) is 8.90. The predicted molar refractivity (Wildman–Crippen MR) is 112 cm³/mol. The van der Waals surface area contributed by atoms with Crippen LogP contribution < -0.4 is 22.1 Å². The van der Waals surface area contributed by atoms with Gasteiger partial charge < -0.3 is 17.2 Å². The van der Waals surface area contributed by atoms with Crippen LogP contribution in [0.25, 0.3) is 22.0 Å². The Morgan fingerprint density at radius 2 is 1.86 bits per heavy atom. The number of fused-ring (bicyclic) bond motifs is 1. The van der Waals surface area contributed by atoms with Crippen molar-refractivity contribution in [3.63, 3.8) is 0 Å². The molecule has 0 aliphatic carbocycles. The second-order valence-corrected chi connectivity index (χ2v) is 6.53. The third kappa shape index (κ3) is 3.26. The van der Waals surface area contributed by atoms with Gasteiger partial charge in [0.25, 0.3) is 0 Å². The van der Waals surface area contributed by atoms with Crippen LogP contribution in [0, 0.1) is 5.82 Å². The second kappa shape index (κ2) is 7.25. The van der Waals surface area contributed by atoms with Gasteiger partial charge in [0, 0.05) is 6.54 Å². The fraction of sp³-hybridized carbons (Fsp3) is 0.0476. The van der Waals surface area contributed by atoms with Crippen LogP contribution in [0.15, 0.2) is 60.7 Å². The first-order valence-electron chi connectivity index (χ1n) is 8.90. The van der Waals surface area contributed by atoms with Crippen LogP contribution in [0.5, 0.6) is 0 Å². The standard InChI is InChI=1S/C21H19FN6O/c22-14-7-4-13(11-23)18(10-14)28(21(25)29)15-8-5-12(6-9-15)16-2-1-3-17-19(16)20(24)27-26-17/h1-10H,11,23H2,(H2,25,29)(H3,24,26,27). The largest absolute Gasteiger partial charge is 0.382 e. The lowest BCUT2D eigenvalue weighted by Crippen LogP contribution is -2.32. The minimum Gasteiger partial charge on any atom is -0.382 e. The Morgan fingerprint density at radius 3 is 2.55 bits per heavy atom. The van der Waals surface area contributed by atoms with Crippen LogP contribution in [-0.4, -0.2) is 16.2 Å². The lowest BCUT2D eigenvalue weighted by atomic mass is 10.0. The quantitative estimate of drug-likeness (QED) is 0.424. The van der Waals surface area contributed by atoms with Crippen molar-refractivity contribution in [1.82, 2.24) is 10.2 Å². The number of rotatable bonds is 4. The summed E-state index contributed by atoms with van der Waals surface area (Å²) in [6.07, 6.45) is 0. The summed E-state index contributed by atoms with van der Waals surface area (Å²) < 4.78 is 13.8. The highest BCUT2D eigenvalue weighted by atomic mass is 19.1. The second-order valence-electron chi connectivity index (χ2n) is 6.53. The Bertz CT molecular complexity index is 1200. The molecule has 0 fully saturated rings. The van der Waals surface area contributed by atoms with E-state index in [0.717, 1.165) is 22.0 Å². The molecular weight excluding hydrogens is 371 g/mol. The van der Waals surface area contributed by atoms with E-state index in [9.17, 15) is 9.18 Å². The highest BCUT2D eigenvalue weighted by Gasteiger charge is 2.19. The molecule has 0 spiro atoms. The van der Waals surface area contributed by atoms with E-state index in [-0.39, 0.29) is 6.54 Å².